The zero-order chi connectivity index (χ0) is 29.3. The molecule has 2 aliphatic rings. The molecule has 0 unspecified atom stereocenters. The number of hydrogen-bond donors (Lipinski definition) is 3. The number of nitrogens with one attached hydrogen (secondary N) is 3. The van der Waals surface area contributed by atoms with Crippen LogP contribution in [0, 0.1) is 16.0 Å². The Hall–Kier alpha value is -4.69. The molecule has 4 heterocycles. The highest BCUT2D eigenvalue weighted by atomic mass is 32.2. The number of sulfonamides is 1. The Labute approximate surface area is 241 Å². The lowest BCUT2D eigenvalue weighted by atomic mass is 10.0. The number of carbonyl (C=O) groups is 1. The molecular weight excluding hydrogens is 564 g/mol. The van der Waals surface area contributed by atoms with Crippen LogP contribution in [0.4, 0.5) is 22.7 Å². The molecule has 0 bridgehead atoms. The van der Waals surface area contributed by atoms with Crippen LogP contribution >= 0.6 is 0 Å². The van der Waals surface area contributed by atoms with E-state index in [1.165, 1.54) is 18.2 Å². The third kappa shape index (κ3) is 5.45. The number of anilines is 3. The van der Waals surface area contributed by atoms with Gasteiger partial charge in [-0.25, -0.2) is 13.1 Å². The van der Waals surface area contributed by atoms with Crippen molar-refractivity contribution in [3.8, 4) is 5.88 Å². The lowest BCUT2D eigenvalue weighted by molar-refractivity contribution is -0.384. The number of H-pyrrole nitrogens is 1. The van der Waals surface area contributed by atoms with E-state index in [2.05, 4.69) is 20.0 Å². The van der Waals surface area contributed by atoms with Crippen LogP contribution in [0.1, 0.15) is 23.2 Å². The zero-order valence-corrected chi connectivity index (χ0v) is 23.2. The van der Waals surface area contributed by atoms with Gasteiger partial charge in [0.25, 0.3) is 21.6 Å². The molecule has 4 aromatic rings. The monoisotopic (exact) mass is 592 g/mol. The predicted octanol–water partition coefficient (Wildman–Crippen LogP) is 3.96. The van der Waals surface area contributed by atoms with Crippen molar-refractivity contribution < 1.29 is 27.6 Å². The highest BCUT2D eigenvalue weighted by molar-refractivity contribution is 7.90. The summed E-state index contributed by atoms with van der Waals surface area (Å²) in [4.78, 5) is 33.6. The Morgan fingerprint density at radius 3 is 2.71 bits per heavy atom. The molecule has 1 amide bonds. The second kappa shape index (κ2) is 11.3. The normalized spacial score (nSPS) is 15.6. The number of pyridine rings is 1. The first-order chi connectivity index (χ1) is 20.3. The van der Waals surface area contributed by atoms with Gasteiger partial charge in [0.05, 0.1) is 27.6 Å². The van der Waals surface area contributed by atoms with Gasteiger partial charge in [-0.1, -0.05) is 12.1 Å². The van der Waals surface area contributed by atoms with E-state index in [9.17, 15) is 23.3 Å². The number of nitro groups is 1. The molecule has 13 nitrogen and oxygen atoms in total. The summed E-state index contributed by atoms with van der Waals surface area (Å²) >= 11 is 0. The van der Waals surface area contributed by atoms with E-state index >= 15 is 0 Å². The Morgan fingerprint density at radius 2 is 1.90 bits per heavy atom. The first kappa shape index (κ1) is 27.5. The average Bonchev–Trinajstić information content (AvgIpc) is 3.46. The minimum Gasteiger partial charge on any atom is -0.474 e. The number of para-hydroxylation sites is 1. The van der Waals surface area contributed by atoms with Gasteiger partial charge in [0, 0.05) is 37.4 Å². The molecule has 0 saturated carbocycles. The number of nitro benzene ring substituents is 1. The number of amides is 1. The molecule has 2 aromatic carbocycles. The second-order valence-corrected chi connectivity index (χ2v) is 11.7. The lowest BCUT2D eigenvalue weighted by Crippen LogP contribution is -2.34. The number of rotatable bonds is 8. The molecule has 2 aromatic heterocycles. The number of nitrogens with zero attached hydrogens (tertiary/aromatic N) is 3. The number of carbonyl (C=O) groups excluding carboxylic acids is 1. The number of fused-ring (bicyclic) bond motifs is 2. The topological polar surface area (TPSA) is 169 Å². The summed E-state index contributed by atoms with van der Waals surface area (Å²) in [6, 6.07) is 13.9. The molecule has 0 aliphatic carbocycles. The largest absolute Gasteiger partial charge is 0.474 e. The minimum absolute atomic E-state index is 0.104. The maximum atomic E-state index is 13.4. The Kier molecular flexibility index (Phi) is 7.39. The quantitative estimate of drug-likeness (QED) is 0.201. The molecule has 6 rings (SSSR count). The van der Waals surface area contributed by atoms with Crippen LogP contribution in [-0.4, -0.2) is 62.1 Å². The number of hydrogen-bond acceptors (Lipinski definition) is 10. The van der Waals surface area contributed by atoms with Crippen LogP contribution in [0.15, 0.2) is 65.7 Å². The fourth-order valence-corrected chi connectivity index (χ4v) is 6.16. The van der Waals surface area contributed by atoms with Gasteiger partial charge in [-0.3, -0.25) is 14.9 Å². The van der Waals surface area contributed by atoms with Crippen LogP contribution < -0.4 is 19.7 Å². The fraction of sp³-hybridized carbons (Fsp3) is 0.286. The molecule has 1 saturated heterocycles. The fourth-order valence-electron chi connectivity index (χ4n) is 5.18. The number of benzene rings is 2. The number of aromatic amines is 1. The van der Waals surface area contributed by atoms with Gasteiger partial charge in [0.1, 0.15) is 23.6 Å². The van der Waals surface area contributed by atoms with Crippen molar-refractivity contribution >= 4 is 49.7 Å². The molecule has 14 heteroatoms. The first-order valence-corrected chi connectivity index (χ1v) is 14.9. The van der Waals surface area contributed by atoms with Crippen LogP contribution in [0.25, 0.3) is 11.0 Å². The van der Waals surface area contributed by atoms with Crippen molar-refractivity contribution in [2.45, 2.75) is 17.7 Å². The van der Waals surface area contributed by atoms with Gasteiger partial charge >= 0.3 is 0 Å². The highest BCUT2D eigenvalue weighted by Gasteiger charge is 2.29. The van der Waals surface area contributed by atoms with Gasteiger partial charge in [-0.2, -0.15) is 4.98 Å². The summed E-state index contributed by atoms with van der Waals surface area (Å²) in [6.45, 7) is 2.48. The van der Waals surface area contributed by atoms with E-state index < -0.39 is 31.4 Å². The average molecular weight is 593 g/mol. The van der Waals surface area contributed by atoms with E-state index in [4.69, 9.17) is 9.47 Å². The van der Waals surface area contributed by atoms with Crippen LogP contribution in [0.3, 0.4) is 0 Å². The van der Waals surface area contributed by atoms with E-state index in [1.54, 1.807) is 24.4 Å². The van der Waals surface area contributed by atoms with E-state index in [-0.39, 0.29) is 11.3 Å². The first-order valence-electron chi connectivity index (χ1n) is 13.4. The van der Waals surface area contributed by atoms with Crippen LogP contribution in [0.5, 0.6) is 5.88 Å². The molecule has 2 aliphatic heterocycles. The summed E-state index contributed by atoms with van der Waals surface area (Å²) in [5.74, 6) is -0.195. The summed E-state index contributed by atoms with van der Waals surface area (Å²) in [5.41, 5.74) is 1.67. The Balaban J connectivity index is 1.25. The molecular formula is C28H28N6O7S. The predicted molar refractivity (Wildman–Crippen MR) is 155 cm³/mol. The lowest BCUT2D eigenvalue weighted by Gasteiger charge is -2.31. The van der Waals surface area contributed by atoms with Crippen molar-refractivity contribution in [2.24, 2.45) is 5.92 Å². The standard InChI is InChI=1S/C28H28N6O7S/c35-27(21-3-1-2-4-23(21)33-11-14-41-28-25(33)15-19-7-10-29-26(19)31-28)32-42(38,39)20-5-6-22(24(16-20)34(36)37)30-17-18-8-12-40-13-9-18/h1-7,10,15-16,18,30H,8-9,11-14,17H2,(H,29,31)(H,32,35). The summed E-state index contributed by atoms with van der Waals surface area (Å²) in [6.07, 6.45) is 3.44. The molecule has 42 heavy (non-hydrogen) atoms. The maximum Gasteiger partial charge on any atom is 0.293 e. The van der Waals surface area contributed by atoms with Crippen molar-refractivity contribution in [3.63, 3.8) is 0 Å². The van der Waals surface area contributed by atoms with Crippen LogP contribution in [-0.2, 0) is 14.8 Å². The summed E-state index contributed by atoms with van der Waals surface area (Å²) in [7, 11) is -4.45. The molecule has 0 atom stereocenters. The van der Waals surface area contributed by atoms with E-state index in [1.807, 2.05) is 17.0 Å². The summed E-state index contributed by atoms with van der Waals surface area (Å²) < 4.78 is 39.7. The van der Waals surface area contributed by atoms with E-state index in [0.29, 0.717) is 61.7 Å². The van der Waals surface area contributed by atoms with Crippen molar-refractivity contribution in [1.29, 1.82) is 0 Å². The minimum atomic E-state index is -4.45. The Bertz CT molecular complexity index is 1770. The van der Waals surface area contributed by atoms with Gasteiger partial charge in [-0.05, 0) is 55.2 Å². The number of aromatic nitrogens is 2. The highest BCUT2D eigenvalue weighted by Crippen LogP contribution is 2.38. The molecule has 3 N–H and O–H groups in total. The molecule has 0 spiro atoms. The van der Waals surface area contributed by atoms with E-state index in [0.717, 1.165) is 24.3 Å². The van der Waals surface area contributed by atoms with Crippen molar-refractivity contribution in [2.75, 3.05) is 43.1 Å². The van der Waals surface area contributed by atoms with Gasteiger partial charge < -0.3 is 24.7 Å². The second-order valence-electron chi connectivity index (χ2n) is 10.1. The van der Waals surface area contributed by atoms with Gasteiger partial charge in [0.2, 0.25) is 5.88 Å². The molecule has 218 valence electrons. The van der Waals surface area contributed by atoms with Crippen molar-refractivity contribution in [3.05, 3.63) is 76.5 Å². The third-order valence-corrected chi connectivity index (χ3v) is 8.72. The third-order valence-electron chi connectivity index (χ3n) is 7.39. The van der Waals surface area contributed by atoms with Gasteiger partial charge in [-0.15, -0.1) is 0 Å². The number of ether oxygens (including phenoxy) is 2. The zero-order valence-electron chi connectivity index (χ0n) is 22.4. The smallest absolute Gasteiger partial charge is 0.293 e. The Morgan fingerprint density at radius 1 is 1.10 bits per heavy atom. The molecule has 0 radical (unpaired) electrons. The van der Waals surface area contributed by atoms with Crippen molar-refractivity contribution in [1.82, 2.24) is 14.7 Å². The summed E-state index contributed by atoms with van der Waals surface area (Å²) in [5, 5.41) is 15.7. The molecule has 1 fully saturated rings. The van der Waals surface area contributed by atoms with Gasteiger partial charge in [0.15, 0.2) is 0 Å². The van der Waals surface area contributed by atoms with Crippen LogP contribution in [0.2, 0.25) is 0 Å². The SMILES string of the molecule is O=C(NS(=O)(=O)c1ccc(NCC2CCOCC2)c([N+](=O)[O-])c1)c1ccccc1N1CCOc2nc3[nH]ccc3cc21. The maximum absolute atomic E-state index is 13.4.